The molecule has 0 atom stereocenters. The number of nitrogens with two attached hydrogens (primary N) is 1. The Kier molecular flexibility index (Phi) is 3.94. The van der Waals surface area contributed by atoms with E-state index in [9.17, 15) is 5.26 Å². The lowest BCUT2D eigenvalue weighted by Gasteiger charge is -2.21. The van der Waals surface area contributed by atoms with E-state index in [0.29, 0.717) is 17.1 Å². The summed E-state index contributed by atoms with van der Waals surface area (Å²) in [5, 5.41) is 9.65. The average Bonchev–Trinajstić information content (AvgIpc) is 2.41. The summed E-state index contributed by atoms with van der Waals surface area (Å²) in [4.78, 5) is 2.00. The number of benzene rings is 2. The third-order valence-corrected chi connectivity index (χ3v) is 3.23. The first-order chi connectivity index (χ1) is 9.11. The molecule has 0 bridgehead atoms. The molecule has 19 heavy (non-hydrogen) atoms. The standard InChI is InChI=1S/C15H14ClN3/c1-19(10-11-5-7-12(18)8-6-11)15-4-2-3-14(16)13(15)9-17/h2-8H,10,18H2,1H3. The van der Waals surface area contributed by atoms with Gasteiger partial charge in [-0.3, -0.25) is 0 Å². The molecule has 0 heterocycles. The van der Waals surface area contributed by atoms with E-state index in [-0.39, 0.29) is 0 Å². The van der Waals surface area contributed by atoms with Gasteiger partial charge in [0.1, 0.15) is 6.07 Å². The number of hydrogen-bond acceptors (Lipinski definition) is 3. The van der Waals surface area contributed by atoms with Crippen LogP contribution in [0.3, 0.4) is 0 Å². The maximum Gasteiger partial charge on any atom is 0.103 e. The molecule has 3 nitrogen and oxygen atoms in total. The van der Waals surface area contributed by atoms with Crippen LogP contribution in [0.5, 0.6) is 0 Å². The van der Waals surface area contributed by atoms with Gasteiger partial charge in [-0.25, -0.2) is 0 Å². The van der Waals surface area contributed by atoms with Crippen molar-refractivity contribution in [2.45, 2.75) is 6.54 Å². The molecule has 0 fully saturated rings. The summed E-state index contributed by atoms with van der Waals surface area (Å²) >= 11 is 6.03. The van der Waals surface area contributed by atoms with E-state index < -0.39 is 0 Å². The summed E-state index contributed by atoms with van der Waals surface area (Å²) in [5.41, 5.74) is 8.86. The Morgan fingerprint density at radius 2 is 1.89 bits per heavy atom. The number of hydrogen-bond donors (Lipinski definition) is 1. The average molecular weight is 272 g/mol. The highest BCUT2D eigenvalue weighted by atomic mass is 35.5. The number of halogens is 1. The van der Waals surface area contributed by atoms with Crippen molar-refractivity contribution in [1.82, 2.24) is 0 Å². The van der Waals surface area contributed by atoms with Gasteiger partial charge >= 0.3 is 0 Å². The maximum atomic E-state index is 9.17. The molecule has 0 saturated carbocycles. The highest BCUT2D eigenvalue weighted by Crippen LogP contribution is 2.27. The van der Waals surface area contributed by atoms with E-state index in [1.165, 1.54) is 0 Å². The monoisotopic (exact) mass is 271 g/mol. The highest BCUT2D eigenvalue weighted by Gasteiger charge is 2.10. The van der Waals surface area contributed by atoms with Crippen LogP contribution in [0.2, 0.25) is 5.02 Å². The summed E-state index contributed by atoms with van der Waals surface area (Å²) in [6.07, 6.45) is 0. The summed E-state index contributed by atoms with van der Waals surface area (Å²) in [6, 6.07) is 15.3. The van der Waals surface area contributed by atoms with Crippen molar-refractivity contribution in [3.05, 3.63) is 58.6 Å². The zero-order chi connectivity index (χ0) is 13.8. The first-order valence-electron chi connectivity index (χ1n) is 5.86. The fourth-order valence-corrected chi connectivity index (χ4v) is 2.14. The van der Waals surface area contributed by atoms with E-state index in [1.54, 1.807) is 6.07 Å². The molecule has 0 aliphatic rings. The van der Waals surface area contributed by atoms with Crippen LogP contribution < -0.4 is 10.6 Å². The van der Waals surface area contributed by atoms with Gasteiger partial charge in [0.25, 0.3) is 0 Å². The lowest BCUT2D eigenvalue weighted by Crippen LogP contribution is -2.17. The van der Waals surface area contributed by atoms with Gasteiger partial charge in [0.15, 0.2) is 0 Å². The van der Waals surface area contributed by atoms with Gasteiger partial charge < -0.3 is 10.6 Å². The van der Waals surface area contributed by atoms with Crippen molar-refractivity contribution >= 4 is 23.0 Å². The second-order valence-electron chi connectivity index (χ2n) is 4.34. The second kappa shape index (κ2) is 5.64. The molecule has 0 spiro atoms. The Bertz CT molecular complexity index is 614. The van der Waals surface area contributed by atoms with Crippen molar-refractivity contribution in [2.24, 2.45) is 0 Å². The summed E-state index contributed by atoms with van der Waals surface area (Å²) < 4.78 is 0. The first kappa shape index (κ1) is 13.3. The molecule has 0 unspecified atom stereocenters. The molecule has 0 amide bonds. The minimum Gasteiger partial charge on any atom is -0.399 e. The number of nitriles is 1. The van der Waals surface area contributed by atoms with Crippen molar-refractivity contribution < 1.29 is 0 Å². The Morgan fingerprint density at radius 3 is 2.53 bits per heavy atom. The Balaban J connectivity index is 2.25. The fraction of sp³-hybridized carbons (Fsp3) is 0.133. The molecule has 2 aromatic carbocycles. The van der Waals surface area contributed by atoms with Gasteiger partial charge in [-0.15, -0.1) is 0 Å². The molecule has 0 aliphatic heterocycles. The molecular formula is C15H14ClN3. The lowest BCUT2D eigenvalue weighted by atomic mass is 10.1. The Morgan fingerprint density at radius 1 is 1.21 bits per heavy atom. The molecular weight excluding hydrogens is 258 g/mol. The lowest BCUT2D eigenvalue weighted by molar-refractivity contribution is 0.921. The van der Waals surface area contributed by atoms with Gasteiger partial charge in [-0.05, 0) is 29.8 Å². The third-order valence-electron chi connectivity index (χ3n) is 2.91. The van der Waals surface area contributed by atoms with Crippen LogP contribution in [-0.2, 0) is 6.54 Å². The van der Waals surface area contributed by atoms with Crippen LogP contribution in [0.4, 0.5) is 11.4 Å². The molecule has 96 valence electrons. The summed E-state index contributed by atoms with van der Waals surface area (Å²) in [7, 11) is 1.93. The minimum absolute atomic E-state index is 0.476. The smallest absolute Gasteiger partial charge is 0.103 e. The third kappa shape index (κ3) is 2.98. The van der Waals surface area contributed by atoms with Crippen molar-refractivity contribution in [2.75, 3.05) is 17.7 Å². The van der Waals surface area contributed by atoms with E-state index in [2.05, 4.69) is 6.07 Å². The topological polar surface area (TPSA) is 53.0 Å². The van der Waals surface area contributed by atoms with Gasteiger partial charge in [0.2, 0.25) is 0 Å². The molecule has 0 saturated heterocycles. The van der Waals surface area contributed by atoms with Crippen molar-refractivity contribution in [3.63, 3.8) is 0 Å². The molecule has 4 heteroatoms. The van der Waals surface area contributed by atoms with E-state index in [0.717, 1.165) is 16.9 Å². The van der Waals surface area contributed by atoms with Crippen LogP contribution >= 0.6 is 11.6 Å². The molecule has 2 aromatic rings. The van der Waals surface area contributed by atoms with Crippen LogP contribution in [0.15, 0.2) is 42.5 Å². The zero-order valence-corrected chi connectivity index (χ0v) is 11.4. The first-order valence-corrected chi connectivity index (χ1v) is 6.24. The van der Waals surface area contributed by atoms with Crippen LogP contribution in [0.1, 0.15) is 11.1 Å². The van der Waals surface area contributed by atoms with Crippen molar-refractivity contribution in [1.29, 1.82) is 5.26 Å². The molecule has 0 radical (unpaired) electrons. The van der Waals surface area contributed by atoms with E-state index in [4.69, 9.17) is 17.3 Å². The highest BCUT2D eigenvalue weighted by molar-refractivity contribution is 6.32. The number of nitrogen functional groups attached to an aromatic ring is 1. The quantitative estimate of drug-likeness (QED) is 0.870. The Labute approximate surface area is 117 Å². The zero-order valence-electron chi connectivity index (χ0n) is 10.6. The summed E-state index contributed by atoms with van der Waals surface area (Å²) in [6.45, 7) is 0.690. The summed E-state index contributed by atoms with van der Waals surface area (Å²) in [5.74, 6) is 0. The minimum atomic E-state index is 0.476. The number of nitrogens with zero attached hydrogens (tertiary/aromatic N) is 2. The maximum absolute atomic E-state index is 9.17. The van der Waals surface area contributed by atoms with Gasteiger partial charge in [0, 0.05) is 19.3 Å². The molecule has 2 N–H and O–H groups in total. The van der Waals surface area contributed by atoms with Crippen molar-refractivity contribution in [3.8, 4) is 6.07 Å². The van der Waals surface area contributed by atoms with Gasteiger partial charge in [0.05, 0.1) is 16.3 Å². The number of anilines is 2. The largest absolute Gasteiger partial charge is 0.399 e. The predicted octanol–water partition coefficient (Wildman–Crippen LogP) is 3.43. The SMILES string of the molecule is CN(Cc1ccc(N)cc1)c1cccc(Cl)c1C#N. The number of rotatable bonds is 3. The Hall–Kier alpha value is -2.18. The molecule has 0 aliphatic carbocycles. The normalized spacial score (nSPS) is 9.95. The molecule has 2 rings (SSSR count). The van der Waals surface area contributed by atoms with E-state index in [1.807, 2.05) is 48.3 Å². The second-order valence-corrected chi connectivity index (χ2v) is 4.75. The fourth-order valence-electron chi connectivity index (χ4n) is 1.92. The van der Waals surface area contributed by atoms with Gasteiger partial charge in [-0.1, -0.05) is 29.8 Å². The molecule has 0 aromatic heterocycles. The van der Waals surface area contributed by atoms with Crippen LogP contribution in [0, 0.1) is 11.3 Å². The van der Waals surface area contributed by atoms with Crippen LogP contribution in [-0.4, -0.2) is 7.05 Å². The van der Waals surface area contributed by atoms with Crippen LogP contribution in [0.25, 0.3) is 0 Å². The van der Waals surface area contributed by atoms with Gasteiger partial charge in [-0.2, -0.15) is 5.26 Å². The predicted molar refractivity (Wildman–Crippen MR) is 79.1 cm³/mol. The van der Waals surface area contributed by atoms with E-state index >= 15 is 0 Å².